The quantitative estimate of drug-likeness (QED) is 0.185. The SMILES string of the molecule is CCOC(=O)C(C)(C)CCCCCOc1ccc(-c2nc(NC(=O)CCCn3ccnc3)sc2C)cc1. The highest BCUT2D eigenvalue weighted by Crippen LogP contribution is 2.31. The molecule has 37 heavy (non-hydrogen) atoms. The first kappa shape index (κ1) is 28.4. The topological polar surface area (TPSA) is 95.3 Å². The summed E-state index contributed by atoms with van der Waals surface area (Å²) in [5.74, 6) is 0.654. The number of benzene rings is 1. The first-order valence-electron chi connectivity index (χ1n) is 12.9. The molecule has 3 aromatic rings. The molecule has 0 fully saturated rings. The van der Waals surface area contributed by atoms with Gasteiger partial charge >= 0.3 is 5.97 Å². The van der Waals surface area contributed by atoms with Gasteiger partial charge in [0.1, 0.15) is 5.75 Å². The Hall–Kier alpha value is -3.20. The second-order valence-electron chi connectivity index (χ2n) is 9.66. The van der Waals surface area contributed by atoms with Crippen molar-refractivity contribution in [3.63, 3.8) is 0 Å². The van der Waals surface area contributed by atoms with Gasteiger partial charge in [-0.3, -0.25) is 9.59 Å². The molecule has 0 spiro atoms. The number of carbonyl (C=O) groups excluding carboxylic acids is 2. The molecule has 1 aromatic carbocycles. The van der Waals surface area contributed by atoms with E-state index in [-0.39, 0.29) is 11.9 Å². The number of unbranched alkanes of at least 4 members (excludes halogenated alkanes) is 2. The third-order valence-corrected chi connectivity index (χ3v) is 6.98. The predicted octanol–water partition coefficient (Wildman–Crippen LogP) is 6.26. The molecule has 200 valence electrons. The van der Waals surface area contributed by atoms with E-state index in [2.05, 4.69) is 15.3 Å². The van der Waals surface area contributed by atoms with Gasteiger partial charge in [0.15, 0.2) is 5.13 Å². The van der Waals surface area contributed by atoms with Crippen molar-refractivity contribution in [3.05, 3.63) is 47.9 Å². The number of hydrogen-bond donors (Lipinski definition) is 1. The van der Waals surface area contributed by atoms with Crippen molar-refractivity contribution in [1.82, 2.24) is 14.5 Å². The number of anilines is 1. The van der Waals surface area contributed by atoms with Crippen LogP contribution in [-0.2, 0) is 20.9 Å². The van der Waals surface area contributed by atoms with E-state index in [4.69, 9.17) is 9.47 Å². The summed E-state index contributed by atoms with van der Waals surface area (Å²) >= 11 is 1.48. The number of nitrogens with one attached hydrogen (secondary N) is 1. The van der Waals surface area contributed by atoms with E-state index in [9.17, 15) is 9.59 Å². The zero-order valence-electron chi connectivity index (χ0n) is 22.3. The minimum atomic E-state index is -0.440. The number of imidazole rings is 1. The van der Waals surface area contributed by atoms with Crippen LogP contribution in [0.1, 0.15) is 64.2 Å². The summed E-state index contributed by atoms with van der Waals surface area (Å²) in [6.07, 6.45) is 10.2. The molecule has 0 unspecified atom stereocenters. The summed E-state index contributed by atoms with van der Waals surface area (Å²) in [6, 6.07) is 7.89. The minimum Gasteiger partial charge on any atom is -0.494 e. The summed E-state index contributed by atoms with van der Waals surface area (Å²) in [6.45, 7) is 9.53. The largest absolute Gasteiger partial charge is 0.494 e. The molecule has 0 radical (unpaired) electrons. The van der Waals surface area contributed by atoms with Crippen molar-refractivity contribution in [1.29, 1.82) is 0 Å². The molecule has 0 bridgehead atoms. The first-order valence-corrected chi connectivity index (χ1v) is 13.7. The second kappa shape index (κ2) is 13.9. The maximum atomic E-state index is 12.3. The number of carbonyl (C=O) groups is 2. The van der Waals surface area contributed by atoms with Gasteiger partial charge in [0.05, 0.1) is 30.7 Å². The van der Waals surface area contributed by atoms with Crippen molar-refractivity contribution < 1.29 is 19.1 Å². The number of aryl methyl sites for hydroxylation is 2. The van der Waals surface area contributed by atoms with Crippen LogP contribution in [0.2, 0.25) is 0 Å². The summed E-state index contributed by atoms with van der Waals surface area (Å²) in [7, 11) is 0. The smallest absolute Gasteiger partial charge is 0.311 e. The molecule has 3 rings (SSSR count). The average Bonchev–Trinajstić information content (AvgIpc) is 3.51. The number of esters is 1. The molecular weight excluding hydrogens is 488 g/mol. The molecule has 0 aliphatic carbocycles. The Balaban J connectivity index is 1.39. The number of thiazole rings is 1. The number of rotatable bonds is 15. The van der Waals surface area contributed by atoms with Gasteiger partial charge < -0.3 is 19.4 Å². The third-order valence-electron chi connectivity index (χ3n) is 6.09. The minimum absolute atomic E-state index is 0.0337. The van der Waals surface area contributed by atoms with Gasteiger partial charge in [-0.2, -0.15) is 0 Å². The second-order valence-corrected chi connectivity index (χ2v) is 10.9. The van der Waals surface area contributed by atoms with E-state index in [1.165, 1.54) is 11.3 Å². The van der Waals surface area contributed by atoms with Crippen LogP contribution in [0.15, 0.2) is 43.0 Å². The lowest BCUT2D eigenvalue weighted by Crippen LogP contribution is -2.26. The molecule has 2 heterocycles. The molecular formula is C28H38N4O4S. The van der Waals surface area contributed by atoms with E-state index in [1.807, 2.05) is 62.7 Å². The Labute approximate surface area is 223 Å². The lowest BCUT2D eigenvalue weighted by atomic mass is 9.87. The van der Waals surface area contributed by atoms with Crippen LogP contribution >= 0.6 is 11.3 Å². The average molecular weight is 527 g/mol. The molecule has 1 amide bonds. The van der Waals surface area contributed by atoms with Gasteiger partial charge in [0.25, 0.3) is 0 Å². The van der Waals surface area contributed by atoms with Crippen LogP contribution in [0.25, 0.3) is 11.3 Å². The fourth-order valence-corrected chi connectivity index (χ4v) is 4.77. The van der Waals surface area contributed by atoms with Crippen molar-refractivity contribution >= 4 is 28.3 Å². The Morgan fingerprint density at radius 3 is 2.59 bits per heavy atom. The molecule has 0 atom stereocenters. The molecule has 8 nitrogen and oxygen atoms in total. The van der Waals surface area contributed by atoms with Crippen molar-refractivity contribution in [3.8, 4) is 17.0 Å². The maximum absolute atomic E-state index is 12.3. The standard InChI is InChI=1S/C28H38N4O4S/c1-5-35-26(34)28(3,4)15-7-6-8-19-36-23-13-11-22(12-14-23)25-21(2)37-27(31-25)30-24(33)10-9-17-32-18-16-29-20-32/h11-14,16,18,20H,5-10,15,17,19H2,1-4H3,(H,30,31,33). The van der Waals surface area contributed by atoms with Gasteiger partial charge in [-0.25, -0.2) is 9.97 Å². The molecule has 1 N–H and O–H groups in total. The number of hydrogen-bond acceptors (Lipinski definition) is 7. The highest BCUT2D eigenvalue weighted by atomic mass is 32.1. The molecule has 0 aliphatic heterocycles. The summed E-state index contributed by atoms with van der Waals surface area (Å²) < 4.78 is 13.0. The van der Waals surface area contributed by atoms with E-state index in [0.717, 1.165) is 60.5 Å². The number of amides is 1. The lowest BCUT2D eigenvalue weighted by Gasteiger charge is -2.21. The van der Waals surface area contributed by atoms with Gasteiger partial charge in [-0.1, -0.05) is 12.8 Å². The number of ether oxygens (including phenoxy) is 2. The van der Waals surface area contributed by atoms with Gasteiger partial charge in [-0.05, 0) is 71.2 Å². The van der Waals surface area contributed by atoms with E-state index < -0.39 is 5.41 Å². The Morgan fingerprint density at radius 2 is 1.89 bits per heavy atom. The van der Waals surface area contributed by atoms with Crippen LogP contribution < -0.4 is 10.1 Å². The fraction of sp³-hybridized carbons (Fsp3) is 0.500. The Bertz CT molecular complexity index is 1120. The fourth-order valence-electron chi connectivity index (χ4n) is 3.91. The number of aromatic nitrogens is 3. The monoisotopic (exact) mass is 526 g/mol. The van der Waals surface area contributed by atoms with Crippen LogP contribution in [0, 0.1) is 12.3 Å². The zero-order valence-corrected chi connectivity index (χ0v) is 23.1. The summed E-state index contributed by atoms with van der Waals surface area (Å²) in [4.78, 5) is 34.0. The van der Waals surface area contributed by atoms with E-state index in [0.29, 0.717) is 24.8 Å². The zero-order chi connectivity index (χ0) is 26.7. The maximum Gasteiger partial charge on any atom is 0.311 e. The highest BCUT2D eigenvalue weighted by Gasteiger charge is 2.28. The molecule has 2 aromatic heterocycles. The van der Waals surface area contributed by atoms with Gasteiger partial charge in [-0.15, -0.1) is 11.3 Å². The lowest BCUT2D eigenvalue weighted by molar-refractivity contribution is -0.153. The molecule has 9 heteroatoms. The van der Waals surface area contributed by atoms with Crippen molar-refractivity contribution in [2.75, 3.05) is 18.5 Å². The van der Waals surface area contributed by atoms with Crippen LogP contribution in [0.4, 0.5) is 5.13 Å². The molecule has 0 aliphatic rings. The van der Waals surface area contributed by atoms with Crippen LogP contribution in [0.5, 0.6) is 5.75 Å². The van der Waals surface area contributed by atoms with E-state index >= 15 is 0 Å². The molecule has 0 saturated carbocycles. The number of nitrogens with zero attached hydrogens (tertiary/aromatic N) is 3. The first-order chi connectivity index (χ1) is 17.8. The van der Waals surface area contributed by atoms with Crippen LogP contribution in [-0.4, -0.2) is 39.6 Å². The molecule has 0 saturated heterocycles. The van der Waals surface area contributed by atoms with Gasteiger partial charge in [0.2, 0.25) is 5.91 Å². The summed E-state index contributed by atoms with van der Waals surface area (Å²) in [5, 5.41) is 3.54. The summed E-state index contributed by atoms with van der Waals surface area (Å²) in [5.41, 5.74) is 1.42. The Morgan fingerprint density at radius 1 is 1.11 bits per heavy atom. The van der Waals surface area contributed by atoms with Crippen molar-refractivity contribution in [2.24, 2.45) is 5.41 Å². The van der Waals surface area contributed by atoms with Crippen molar-refractivity contribution in [2.45, 2.75) is 72.8 Å². The highest BCUT2D eigenvalue weighted by molar-refractivity contribution is 7.16. The van der Waals surface area contributed by atoms with E-state index in [1.54, 1.807) is 12.5 Å². The van der Waals surface area contributed by atoms with Gasteiger partial charge in [0, 0.05) is 35.8 Å². The Kier molecular flexibility index (Phi) is 10.7. The predicted molar refractivity (Wildman–Crippen MR) is 147 cm³/mol. The van der Waals surface area contributed by atoms with Crippen LogP contribution in [0.3, 0.4) is 0 Å². The normalized spacial score (nSPS) is 11.4. The third kappa shape index (κ3) is 9.00.